The number of allylic oxidation sites excluding steroid dienone is 2. The van der Waals surface area contributed by atoms with Crippen molar-refractivity contribution >= 4 is 56.7 Å². The minimum absolute atomic E-state index is 1.14. The monoisotopic (exact) mass is 326 g/mol. The number of halogens is 1. The summed E-state index contributed by atoms with van der Waals surface area (Å²) in [6.45, 7) is 6.18. The Morgan fingerprint density at radius 1 is 1.40 bits per heavy atom. The summed E-state index contributed by atoms with van der Waals surface area (Å²) in [4.78, 5) is 0. The molecule has 0 amide bonds. The predicted molar refractivity (Wildman–Crippen MR) is 78.8 cm³/mol. The average Bonchev–Trinajstić information content (AvgIpc) is 2.50. The van der Waals surface area contributed by atoms with Crippen LogP contribution in [0.15, 0.2) is 33.9 Å². The largest absolute Gasteiger partial charge is 0.136 e. The Morgan fingerprint density at radius 2 is 2.13 bits per heavy atom. The number of fused-ring (bicyclic) bond motifs is 1. The predicted octanol–water partition coefficient (Wildman–Crippen LogP) is 3.43. The van der Waals surface area contributed by atoms with Crippen molar-refractivity contribution in [3.8, 4) is 0 Å². The van der Waals surface area contributed by atoms with E-state index in [9.17, 15) is 0 Å². The van der Waals surface area contributed by atoms with Gasteiger partial charge in [0.1, 0.15) is 0 Å². The van der Waals surface area contributed by atoms with Gasteiger partial charge >= 0.3 is 0 Å². The quantitative estimate of drug-likeness (QED) is 0.705. The number of hydrogen-bond donors (Lipinski definition) is 0. The summed E-state index contributed by atoms with van der Waals surface area (Å²) in [6, 6.07) is 8.45. The molecule has 0 fully saturated rings. The van der Waals surface area contributed by atoms with Gasteiger partial charge in [-0.15, -0.1) is 11.3 Å². The number of thiophene rings is 1. The van der Waals surface area contributed by atoms with Crippen LogP contribution in [-0.4, -0.2) is 0 Å². The van der Waals surface area contributed by atoms with E-state index in [1.165, 1.54) is 18.9 Å². The molecule has 0 aliphatic rings. The topological polar surface area (TPSA) is 0 Å². The molecule has 0 atom stereocenters. The van der Waals surface area contributed by atoms with Gasteiger partial charge in [0.25, 0.3) is 0 Å². The van der Waals surface area contributed by atoms with Crippen LogP contribution in [0.4, 0.5) is 0 Å². The highest BCUT2D eigenvalue weighted by atomic mass is 127. The Kier molecular flexibility index (Phi) is 3.26. The molecule has 0 saturated heterocycles. The van der Waals surface area contributed by atoms with Crippen LogP contribution in [0.5, 0.6) is 0 Å². The third kappa shape index (κ3) is 2.32. The second kappa shape index (κ2) is 4.49. The van der Waals surface area contributed by atoms with E-state index in [-0.39, 0.29) is 0 Å². The fraction of sp³-hybridized carbons (Fsp3) is 0.0769. The fourth-order valence-electron chi connectivity index (χ4n) is 1.50. The normalized spacial score (nSPS) is 13.7. The molecule has 2 rings (SSSR count). The van der Waals surface area contributed by atoms with Gasteiger partial charge in [-0.1, -0.05) is 36.9 Å². The SMILES string of the molecule is C=c1sc2ccccc2/c1=C/C=C(\C)I. The van der Waals surface area contributed by atoms with Crippen molar-refractivity contribution in [1.82, 2.24) is 0 Å². The molecule has 76 valence electrons. The van der Waals surface area contributed by atoms with Crippen molar-refractivity contribution in [2.75, 3.05) is 0 Å². The van der Waals surface area contributed by atoms with Crippen LogP contribution < -0.4 is 9.75 Å². The molecule has 0 spiro atoms. The summed E-state index contributed by atoms with van der Waals surface area (Å²) in [7, 11) is 0. The van der Waals surface area contributed by atoms with Gasteiger partial charge in [0, 0.05) is 14.6 Å². The Hall–Kier alpha value is -0.610. The van der Waals surface area contributed by atoms with Gasteiger partial charge in [-0.05, 0) is 44.4 Å². The van der Waals surface area contributed by atoms with E-state index in [1.54, 1.807) is 11.3 Å². The van der Waals surface area contributed by atoms with Crippen molar-refractivity contribution in [1.29, 1.82) is 0 Å². The first-order chi connectivity index (χ1) is 7.18. The first kappa shape index (κ1) is 10.9. The van der Waals surface area contributed by atoms with E-state index in [0.29, 0.717) is 0 Å². The van der Waals surface area contributed by atoms with Crippen LogP contribution in [0.3, 0.4) is 0 Å². The van der Waals surface area contributed by atoms with Crippen molar-refractivity contribution in [3.63, 3.8) is 0 Å². The van der Waals surface area contributed by atoms with E-state index >= 15 is 0 Å². The molecule has 0 saturated carbocycles. The maximum absolute atomic E-state index is 4.09. The first-order valence-corrected chi connectivity index (χ1v) is 6.58. The van der Waals surface area contributed by atoms with Crippen LogP contribution in [0.2, 0.25) is 0 Å². The molecule has 1 heterocycles. The number of hydrogen-bond acceptors (Lipinski definition) is 1. The second-order valence-corrected chi connectivity index (χ2v) is 6.19. The van der Waals surface area contributed by atoms with E-state index in [2.05, 4.69) is 72.5 Å². The maximum atomic E-state index is 4.09. The molecule has 0 unspecified atom stereocenters. The molecule has 0 radical (unpaired) electrons. The molecule has 2 heteroatoms. The highest BCUT2D eigenvalue weighted by molar-refractivity contribution is 14.1. The highest BCUT2D eigenvalue weighted by Crippen LogP contribution is 2.12. The molecular weight excluding hydrogens is 315 g/mol. The van der Waals surface area contributed by atoms with Gasteiger partial charge in [-0.3, -0.25) is 0 Å². The van der Waals surface area contributed by atoms with Crippen LogP contribution in [0, 0.1) is 0 Å². The van der Waals surface area contributed by atoms with E-state index in [0.717, 1.165) is 4.53 Å². The van der Waals surface area contributed by atoms with Gasteiger partial charge in [-0.2, -0.15) is 0 Å². The summed E-state index contributed by atoms with van der Waals surface area (Å²) < 4.78 is 3.74. The molecule has 0 bridgehead atoms. The van der Waals surface area contributed by atoms with Crippen LogP contribution in [0.1, 0.15) is 6.92 Å². The standard InChI is InChI=1S/C13H11IS/c1-9(14)7-8-11-10(2)15-13-6-4-3-5-12(11)13/h3-8H,2H2,1H3/b9-7+,11-8+. The first-order valence-electron chi connectivity index (χ1n) is 4.69. The lowest BCUT2D eigenvalue weighted by molar-refractivity contribution is 1.71. The zero-order valence-electron chi connectivity index (χ0n) is 8.46. The van der Waals surface area contributed by atoms with Crippen LogP contribution in [-0.2, 0) is 0 Å². The summed E-state index contributed by atoms with van der Waals surface area (Å²) in [5.74, 6) is 0. The van der Waals surface area contributed by atoms with Crippen LogP contribution in [0.25, 0.3) is 22.7 Å². The third-order valence-electron chi connectivity index (χ3n) is 2.19. The Bertz CT molecular complexity index is 616. The smallest absolute Gasteiger partial charge is 0.0355 e. The third-order valence-corrected chi connectivity index (χ3v) is 3.59. The van der Waals surface area contributed by atoms with Crippen molar-refractivity contribution < 1.29 is 0 Å². The zero-order chi connectivity index (χ0) is 10.8. The van der Waals surface area contributed by atoms with E-state index in [1.807, 2.05) is 0 Å². The molecule has 0 aliphatic heterocycles. The summed E-state index contributed by atoms with van der Waals surface area (Å²) in [5, 5.41) is 2.56. The van der Waals surface area contributed by atoms with Crippen LogP contribution >= 0.6 is 33.9 Å². The molecular formula is C13H11IS. The lowest BCUT2D eigenvalue weighted by Crippen LogP contribution is -2.15. The van der Waals surface area contributed by atoms with E-state index in [4.69, 9.17) is 0 Å². The van der Waals surface area contributed by atoms with Gasteiger partial charge in [0.2, 0.25) is 0 Å². The Balaban J connectivity index is 2.81. The van der Waals surface area contributed by atoms with E-state index < -0.39 is 0 Å². The van der Waals surface area contributed by atoms with Gasteiger partial charge in [0.15, 0.2) is 0 Å². The Morgan fingerprint density at radius 3 is 2.87 bits per heavy atom. The van der Waals surface area contributed by atoms with Crippen molar-refractivity contribution in [2.24, 2.45) is 0 Å². The molecule has 0 N–H and O–H groups in total. The van der Waals surface area contributed by atoms with Gasteiger partial charge in [0.05, 0.1) is 0 Å². The number of benzene rings is 1. The summed E-state index contributed by atoms with van der Waals surface area (Å²) >= 11 is 4.07. The lowest BCUT2D eigenvalue weighted by atomic mass is 10.2. The van der Waals surface area contributed by atoms with Crippen molar-refractivity contribution in [2.45, 2.75) is 6.92 Å². The highest BCUT2D eigenvalue weighted by Gasteiger charge is 1.96. The summed E-state index contributed by atoms with van der Waals surface area (Å²) in [6.07, 6.45) is 4.28. The molecule has 0 nitrogen and oxygen atoms in total. The van der Waals surface area contributed by atoms with Gasteiger partial charge in [-0.25, -0.2) is 0 Å². The minimum Gasteiger partial charge on any atom is -0.136 e. The fourth-order valence-corrected chi connectivity index (χ4v) is 2.66. The minimum atomic E-state index is 1.14. The molecule has 2 aromatic rings. The molecule has 0 aliphatic carbocycles. The molecule has 1 aromatic carbocycles. The van der Waals surface area contributed by atoms with Gasteiger partial charge < -0.3 is 0 Å². The average molecular weight is 326 g/mol. The molecule has 15 heavy (non-hydrogen) atoms. The second-order valence-electron chi connectivity index (χ2n) is 3.36. The summed E-state index contributed by atoms with van der Waals surface area (Å²) in [5.41, 5.74) is 0. The number of rotatable bonds is 1. The molecule has 1 aromatic heterocycles. The lowest BCUT2D eigenvalue weighted by Gasteiger charge is -1.86. The Labute approximate surface area is 107 Å². The maximum Gasteiger partial charge on any atom is 0.0355 e. The van der Waals surface area contributed by atoms with Crippen molar-refractivity contribution in [3.05, 3.63) is 43.7 Å². The zero-order valence-corrected chi connectivity index (χ0v) is 11.4.